The fraction of sp³-hybridized carbons (Fsp3) is 0.733. The Morgan fingerprint density at radius 2 is 1.60 bits per heavy atom. The molecule has 1 atom stereocenters. The summed E-state index contributed by atoms with van der Waals surface area (Å²) < 4.78 is 0. The number of hydrogen-bond donors (Lipinski definition) is 0. The number of allylic oxidation sites excluding steroid dienone is 3. The molecule has 0 aromatic carbocycles. The topological polar surface area (TPSA) is 0 Å². The molecule has 1 aliphatic rings. The van der Waals surface area contributed by atoms with E-state index in [0.717, 1.165) is 5.92 Å². The molecule has 0 spiro atoms. The lowest BCUT2D eigenvalue weighted by Gasteiger charge is -1.98. The van der Waals surface area contributed by atoms with E-state index < -0.39 is 0 Å². The van der Waals surface area contributed by atoms with E-state index in [-0.39, 0.29) is 0 Å². The summed E-state index contributed by atoms with van der Waals surface area (Å²) in [4.78, 5) is 0. The van der Waals surface area contributed by atoms with Gasteiger partial charge >= 0.3 is 0 Å². The molecule has 0 aromatic rings. The highest BCUT2D eigenvalue weighted by Gasteiger charge is 2.22. The van der Waals surface area contributed by atoms with Gasteiger partial charge in [0.05, 0.1) is 0 Å². The van der Waals surface area contributed by atoms with Gasteiger partial charge in [0, 0.05) is 0 Å². The third kappa shape index (κ3) is 6.54. The fourth-order valence-electron chi connectivity index (χ4n) is 2.01. The predicted octanol–water partition coefficient (Wildman–Crippen LogP) is 5.26. The highest BCUT2D eigenvalue weighted by Crippen LogP contribution is 2.37. The zero-order chi connectivity index (χ0) is 10.9. The zero-order valence-corrected chi connectivity index (χ0v) is 10.3. The summed E-state index contributed by atoms with van der Waals surface area (Å²) >= 11 is 0. The van der Waals surface area contributed by atoms with Crippen molar-refractivity contribution in [1.29, 1.82) is 0 Å². The molecule has 0 aliphatic heterocycles. The van der Waals surface area contributed by atoms with E-state index in [9.17, 15) is 0 Å². The summed E-state index contributed by atoms with van der Waals surface area (Å²) in [6.07, 6.45) is 16.8. The molecular formula is C15H26. The summed E-state index contributed by atoms with van der Waals surface area (Å²) in [5, 5.41) is 0. The van der Waals surface area contributed by atoms with Crippen molar-refractivity contribution < 1.29 is 0 Å². The third-order valence-corrected chi connectivity index (χ3v) is 3.28. The second-order valence-electron chi connectivity index (χ2n) is 4.87. The van der Waals surface area contributed by atoms with Gasteiger partial charge in [-0.15, -0.1) is 6.58 Å². The first-order valence-electron chi connectivity index (χ1n) is 6.64. The molecule has 1 fully saturated rings. The van der Waals surface area contributed by atoms with E-state index in [4.69, 9.17) is 0 Å². The first kappa shape index (κ1) is 12.5. The Kier molecular flexibility index (Phi) is 6.47. The van der Waals surface area contributed by atoms with E-state index in [2.05, 4.69) is 19.6 Å². The first-order chi connectivity index (χ1) is 7.34. The van der Waals surface area contributed by atoms with Crippen LogP contribution >= 0.6 is 0 Å². The molecule has 0 saturated heterocycles. The SMILES string of the molecule is C=CCCCCCCCCC=C1CC1C. The highest BCUT2D eigenvalue weighted by atomic mass is 14.3. The number of rotatable bonds is 9. The van der Waals surface area contributed by atoms with Crippen LogP contribution in [0.4, 0.5) is 0 Å². The van der Waals surface area contributed by atoms with Gasteiger partial charge in [-0.25, -0.2) is 0 Å². The van der Waals surface area contributed by atoms with Gasteiger partial charge in [-0.05, 0) is 38.0 Å². The minimum atomic E-state index is 0.920. The molecule has 0 heterocycles. The standard InChI is InChI=1S/C15H26/c1-3-4-5-6-7-8-9-10-11-12-15-13-14(15)2/h3,12,14H,1,4-11,13H2,2H3. The average Bonchev–Trinajstić information content (AvgIpc) is 2.92. The number of unbranched alkanes of at least 4 members (excludes halogenated alkanes) is 7. The maximum Gasteiger partial charge on any atom is -0.0194 e. The molecule has 1 aliphatic carbocycles. The van der Waals surface area contributed by atoms with Crippen molar-refractivity contribution >= 4 is 0 Å². The van der Waals surface area contributed by atoms with Gasteiger partial charge in [0.1, 0.15) is 0 Å². The summed E-state index contributed by atoms with van der Waals surface area (Å²) in [5.74, 6) is 0.920. The van der Waals surface area contributed by atoms with Gasteiger partial charge < -0.3 is 0 Å². The minimum Gasteiger partial charge on any atom is -0.103 e. The van der Waals surface area contributed by atoms with Crippen LogP contribution in [-0.2, 0) is 0 Å². The second kappa shape index (κ2) is 7.73. The lowest BCUT2D eigenvalue weighted by molar-refractivity contribution is 0.600. The van der Waals surface area contributed by atoms with Crippen molar-refractivity contribution in [3.05, 3.63) is 24.3 Å². The Hall–Kier alpha value is -0.520. The molecule has 15 heavy (non-hydrogen) atoms. The molecule has 86 valence electrons. The smallest absolute Gasteiger partial charge is 0.0194 e. The quantitative estimate of drug-likeness (QED) is 0.356. The molecule has 0 N–H and O–H groups in total. The van der Waals surface area contributed by atoms with Gasteiger partial charge in [0.25, 0.3) is 0 Å². The van der Waals surface area contributed by atoms with Crippen LogP contribution in [0.5, 0.6) is 0 Å². The highest BCUT2D eigenvalue weighted by molar-refractivity contribution is 5.21. The molecule has 0 heteroatoms. The first-order valence-corrected chi connectivity index (χ1v) is 6.64. The maximum atomic E-state index is 3.74. The molecule has 1 unspecified atom stereocenters. The molecule has 1 rings (SSSR count). The Balaban J connectivity index is 1.75. The summed E-state index contributed by atoms with van der Waals surface area (Å²) in [5.41, 5.74) is 1.71. The van der Waals surface area contributed by atoms with E-state index in [1.165, 1.54) is 57.8 Å². The Morgan fingerprint density at radius 3 is 2.13 bits per heavy atom. The van der Waals surface area contributed by atoms with Crippen molar-refractivity contribution in [2.45, 2.75) is 64.7 Å². The molecule has 1 saturated carbocycles. The van der Waals surface area contributed by atoms with Crippen molar-refractivity contribution in [2.75, 3.05) is 0 Å². The lowest BCUT2D eigenvalue weighted by Crippen LogP contribution is -1.79. The lowest BCUT2D eigenvalue weighted by atomic mass is 10.1. The van der Waals surface area contributed by atoms with E-state index in [1.807, 2.05) is 6.08 Å². The molecule has 0 bridgehead atoms. The Labute approximate surface area is 95.5 Å². The van der Waals surface area contributed by atoms with E-state index >= 15 is 0 Å². The van der Waals surface area contributed by atoms with Crippen LogP contribution in [0.2, 0.25) is 0 Å². The normalized spacial score (nSPS) is 21.9. The van der Waals surface area contributed by atoms with Crippen molar-refractivity contribution in [3.8, 4) is 0 Å². The van der Waals surface area contributed by atoms with Crippen LogP contribution in [0.3, 0.4) is 0 Å². The van der Waals surface area contributed by atoms with Crippen molar-refractivity contribution in [3.63, 3.8) is 0 Å². The number of hydrogen-bond acceptors (Lipinski definition) is 0. The third-order valence-electron chi connectivity index (χ3n) is 3.28. The van der Waals surface area contributed by atoms with Gasteiger partial charge in [0.15, 0.2) is 0 Å². The largest absolute Gasteiger partial charge is 0.103 e. The molecular weight excluding hydrogens is 180 g/mol. The van der Waals surface area contributed by atoms with E-state index in [0.29, 0.717) is 0 Å². The minimum absolute atomic E-state index is 0.920. The molecule has 0 radical (unpaired) electrons. The monoisotopic (exact) mass is 206 g/mol. The van der Waals surface area contributed by atoms with Gasteiger partial charge in [-0.1, -0.05) is 50.3 Å². The van der Waals surface area contributed by atoms with Gasteiger partial charge in [-0.2, -0.15) is 0 Å². The van der Waals surface area contributed by atoms with Crippen LogP contribution in [0.15, 0.2) is 24.3 Å². The predicted molar refractivity (Wildman–Crippen MR) is 69.0 cm³/mol. The van der Waals surface area contributed by atoms with Crippen molar-refractivity contribution in [1.82, 2.24) is 0 Å². The Bertz CT molecular complexity index is 200. The van der Waals surface area contributed by atoms with Crippen LogP contribution in [-0.4, -0.2) is 0 Å². The van der Waals surface area contributed by atoms with Gasteiger partial charge in [-0.3, -0.25) is 0 Å². The van der Waals surface area contributed by atoms with Crippen LogP contribution in [0, 0.1) is 5.92 Å². The Morgan fingerprint density at radius 1 is 1.07 bits per heavy atom. The van der Waals surface area contributed by atoms with E-state index in [1.54, 1.807) is 5.57 Å². The van der Waals surface area contributed by atoms with Crippen LogP contribution in [0.1, 0.15) is 64.7 Å². The molecule has 0 aromatic heterocycles. The summed E-state index contributed by atoms with van der Waals surface area (Å²) in [6, 6.07) is 0. The van der Waals surface area contributed by atoms with Gasteiger partial charge in [0.2, 0.25) is 0 Å². The fourth-order valence-corrected chi connectivity index (χ4v) is 2.01. The molecule has 0 amide bonds. The van der Waals surface area contributed by atoms with Crippen molar-refractivity contribution in [2.24, 2.45) is 5.92 Å². The summed E-state index contributed by atoms with van der Waals surface area (Å²) in [7, 11) is 0. The van der Waals surface area contributed by atoms with Crippen LogP contribution in [0.25, 0.3) is 0 Å². The average molecular weight is 206 g/mol. The molecule has 0 nitrogen and oxygen atoms in total. The van der Waals surface area contributed by atoms with Crippen LogP contribution < -0.4 is 0 Å². The maximum absolute atomic E-state index is 3.74. The summed E-state index contributed by atoms with van der Waals surface area (Å²) in [6.45, 7) is 6.07. The zero-order valence-electron chi connectivity index (χ0n) is 10.3. The second-order valence-corrected chi connectivity index (χ2v) is 4.87.